The van der Waals surface area contributed by atoms with E-state index in [1.165, 1.54) is 0 Å². The second-order valence-electron chi connectivity index (χ2n) is 3.72. The zero-order valence-corrected chi connectivity index (χ0v) is 8.46. The van der Waals surface area contributed by atoms with Gasteiger partial charge in [-0.1, -0.05) is 12.1 Å². The number of aliphatic hydroxyl groups excluding tert-OH is 1. The molecule has 84 valence electrons. The maximum atomic E-state index is 11.5. The largest absolute Gasteiger partial charge is 0.623 e. The van der Waals surface area contributed by atoms with Gasteiger partial charge in [0.2, 0.25) is 5.36 Å². The van der Waals surface area contributed by atoms with Crippen LogP contribution in [0, 0.1) is 5.21 Å². The summed E-state index contributed by atoms with van der Waals surface area (Å²) in [4.78, 5) is 10.5. The fourth-order valence-corrected chi connectivity index (χ4v) is 1.83. The van der Waals surface area contributed by atoms with Crippen LogP contribution in [0.1, 0.15) is 6.42 Å². The van der Waals surface area contributed by atoms with Gasteiger partial charge in [0.15, 0.2) is 12.6 Å². The molecule has 1 atom stereocenters. The van der Waals surface area contributed by atoms with Crippen LogP contribution in [-0.2, 0) is 4.79 Å². The maximum absolute atomic E-state index is 11.5. The Kier molecular flexibility index (Phi) is 2.62. The van der Waals surface area contributed by atoms with Crippen LogP contribution in [0.2, 0.25) is 0 Å². The number of hydroxylamine groups is 1. The van der Waals surface area contributed by atoms with Crippen molar-refractivity contribution in [2.24, 2.45) is 0 Å². The highest BCUT2D eigenvalue weighted by atomic mass is 16.5. The Morgan fingerprint density at radius 2 is 2.19 bits per heavy atom. The van der Waals surface area contributed by atoms with Crippen LogP contribution >= 0.6 is 0 Å². The predicted molar refractivity (Wildman–Crippen MR) is 56.8 cm³/mol. The van der Waals surface area contributed by atoms with E-state index < -0.39 is 12.1 Å². The van der Waals surface area contributed by atoms with Gasteiger partial charge in [-0.15, -0.1) is 0 Å². The highest BCUT2D eigenvalue weighted by Gasteiger charge is 2.21. The molecule has 1 aliphatic rings. The highest BCUT2D eigenvalue weighted by molar-refractivity contribution is 5.74. The highest BCUT2D eigenvalue weighted by Crippen LogP contribution is 2.06. The molecule has 0 radical (unpaired) electrons. The topological polar surface area (TPSA) is 83.6 Å². The van der Waals surface area contributed by atoms with Gasteiger partial charge in [0.25, 0.3) is 0 Å². The van der Waals surface area contributed by atoms with Gasteiger partial charge < -0.3 is 15.4 Å². The second kappa shape index (κ2) is 3.94. The average molecular weight is 221 g/mol. The van der Waals surface area contributed by atoms with Gasteiger partial charge in [-0.05, 0) is 6.07 Å². The summed E-state index contributed by atoms with van der Waals surface area (Å²) < 4.78 is 0.805. The lowest BCUT2D eigenvalue weighted by Gasteiger charge is -2.05. The molecule has 1 aromatic rings. The SMILES string of the molecule is O=C(O)C(O)CC1=c2ccccc2=[N+]([O-])C1. The van der Waals surface area contributed by atoms with Crippen molar-refractivity contribution in [3.63, 3.8) is 0 Å². The second-order valence-corrected chi connectivity index (χ2v) is 3.72. The van der Waals surface area contributed by atoms with E-state index >= 15 is 0 Å². The van der Waals surface area contributed by atoms with E-state index in [4.69, 9.17) is 5.11 Å². The first kappa shape index (κ1) is 10.6. The van der Waals surface area contributed by atoms with Crippen molar-refractivity contribution in [2.75, 3.05) is 6.54 Å². The van der Waals surface area contributed by atoms with Crippen molar-refractivity contribution in [2.45, 2.75) is 12.5 Å². The first-order chi connectivity index (χ1) is 7.59. The van der Waals surface area contributed by atoms with Crippen molar-refractivity contribution in [3.05, 3.63) is 40.0 Å². The van der Waals surface area contributed by atoms with Gasteiger partial charge in [-0.2, -0.15) is 0 Å². The van der Waals surface area contributed by atoms with Gasteiger partial charge >= 0.3 is 5.97 Å². The molecular weight excluding hydrogens is 210 g/mol. The minimum atomic E-state index is -1.45. The number of hydrogen-bond donors (Lipinski definition) is 2. The number of aliphatic carboxylic acids is 1. The first-order valence-electron chi connectivity index (χ1n) is 4.89. The lowest BCUT2D eigenvalue weighted by atomic mass is 10.1. The van der Waals surface area contributed by atoms with Gasteiger partial charge in [0.05, 0.1) is 5.22 Å². The summed E-state index contributed by atoms with van der Waals surface area (Å²) >= 11 is 0. The number of hydrogen-bond acceptors (Lipinski definition) is 3. The number of carboxylic acids is 1. The monoisotopic (exact) mass is 221 g/mol. The van der Waals surface area contributed by atoms with Crippen molar-refractivity contribution in [1.29, 1.82) is 0 Å². The molecule has 16 heavy (non-hydrogen) atoms. The molecule has 0 aliphatic carbocycles. The third-order valence-corrected chi connectivity index (χ3v) is 2.61. The van der Waals surface area contributed by atoms with Crippen LogP contribution in [0.15, 0.2) is 24.3 Å². The molecule has 5 nitrogen and oxygen atoms in total. The molecule has 1 heterocycles. The molecule has 2 rings (SSSR count). The number of aliphatic hydroxyl groups is 1. The minimum Gasteiger partial charge on any atom is -0.623 e. The summed E-state index contributed by atoms with van der Waals surface area (Å²) in [5.74, 6) is -1.27. The van der Waals surface area contributed by atoms with Crippen molar-refractivity contribution >= 4 is 11.5 Å². The maximum Gasteiger partial charge on any atom is 0.332 e. The lowest BCUT2D eigenvalue weighted by Crippen LogP contribution is -2.30. The van der Waals surface area contributed by atoms with Crippen LogP contribution in [0.3, 0.4) is 0 Å². The molecule has 1 aliphatic heterocycles. The number of rotatable bonds is 3. The molecule has 0 fully saturated rings. The van der Waals surface area contributed by atoms with Crippen LogP contribution < -0.4 is 15.3 Å². The van der Waals surface area contributed by atoms with Crippen LogP contribution in [0.4, 0.5) is 0 Å². The Hall–Kier alpha value is -1.88. The minimum absolute atomic E-state index is 0.00884. The van der Waals surface area contributed by atoms with E-state index in [9.17, 15) is 15.1 Å². The Bertz CT molecular complexity index is 549. The fraction of sp³-hybridized carbons (Fsp3) is 0.273. The van der Waals surface area contributed by atoms with Crippen molar-refractivity contribution in [1.82, 2.24) is 4.74 Å². The zero-order valence-electron chi connectivity index (χ0n) is 8.46. The number of para-hydroxylation sites is 1. The molecule has 2 N–H and O–H groups in total. The van der Waals surface area contributed by atoms with E-state index in [-0.39, 0.29) is 13.0 Å². The van der Waals surface area contributed by atoms with Gasteiger partial charge in [0, 0.05) is 18.1 Å². The molecule has 0 saturated carbocycles. The number of benzene rings is 1. The van der Waals surface area contributed by atoms with Crippen LogP contribution in [-0.4, -0.2) is 28.8 Å². The molecule has 0 bridgehead atoms. The van der Waals surface area contributed by atoms with E-state index in [0.29, 0.717) is 10.9 Å². The summed E-state index contributed by atoms with van der Waals surface area (Å²) in [5, 5.41) is 30.6. The molecule has 1 aromatic carbocycles. The van der Waals surface area contributed by atoms with E-state index in [2.05, 4.69) is 0 Å². The summed E-state index contributed by atoms with van der Waals surface area (Å²) in [7, 11) is 0. The third kappa shape index (κ3) is 1.77. The Balaban J connectivity index is 2.42. The number of carboxylic acid groups (broad SMARTS) is 1. The van der Waals surface area contributed by atoms with E-state index in [1.54, 1.807) is 24.3 Å². The van der Waals surface area contributed by atoms with Crippen LogP contribution in [0.25, 0.3) is 5.57 Å². The Morgan fingerprint density at radius 3 is 2.88 bits per heavy atom. The quantitative estimate of drug-likeness (QED) is 0.489. The van der Waals surface area contributed by atoms with Crippen molar-refractivity contribution < 1.29 is 15.0 Å². The molecule has 1 unspecified atom stereocenters. The smallest absolute Gasteiger partial charge is 0.332 e. The van der Waals surface area contributed by atoms with Gasteiger partial charge in [-0.3, -0.25) is 0 Å². The number of fused-ring (bicyclic) bond motifs is 1. The third-order valence-electron chi connectivity index (χ3n) is 2.61. The van der Waals surface area contributed by atoms with Crippen LogP contribution in [0.5, 0.6) is 0 Å². The summed E-state index contributed by atoms with van der Waals surface area (Å²) in [5.41, 5.74) is 0.667. The molecule has 0 saturated heterocycles. The molecule has 0 aromatic heterocycles. The molecule has 5 heteroatoms. The van der Waals surface area contributed by atoms with E-state index in [0.717, 1.165) is 9.96 Å². The number of nitrogens with zero attached hydrogens (tertiary/aromatic N) is 1. The normalized spacial score (nSPS) is 16.1. The number of carbonyl (C=O) groups is 1. The predicted octanol–water partition coefficient (Wildman–Crippen LogP) is -1.32. The summed E-state index contributed by atoms with van der Waals surface area (Å²) in [6.45, 7) is 0.129. The Labute approximate surface area is 91.2 Å². The summed E-state index contributed by atoms with van der Waals surface area (Å²) in [6, 6.07) is 6.98. The van der Waals surface area contributed by atoms with Gasteiger partial charge in [-0.25, -0.2) is 9.53 Å². The molecule has 0 amide bonds. The molecule has 0 spiro atoms. The van der Waals surface area contributed by atoms with E-state index in [1.807, 2.05) is 0 Å². The molecular formula is C11H11NO4. The fourth-order valence-electron chi connectivity index (χ4n) is 1.83. The lowest BCUT2D eigenvalue weighted by molar-refractivity contribution is -0.146. The standard InChI is InChI=1S/C11H11NO4/c13-10(11(14)15)5-7-6-12(16)9-4-2-1-3-8(7)9/h1-4,10,13H,5-6H2,(H,14,15). The Morgan fingerprint density at radius 1 is 1.50 bits per heavy atom. The first-order valence-corrected chi connectivity index (χ1v) is 4.89. The van der Waals surface area contributed by atoms with Crippen molar-refractivity contribution in [3.8, 4) is 0 Å². The average Bonchev–Trinajstić information content (AvgIpc) is 2.57. The van der Waals surface area contributed by atoms with Gasteiger partial charge in [0.1, 0.15) is 0 Å². The zero-order chi connectivity index (χ0) is 11.7. The summed E-state index contributed by atoms with van der Waals surface area (Å²) in [6.07, 6.45) is -1.46.